The summed E-state index contributed by atoms with van der Waals surface area (Å²) in [7, 11) is 0. The average molecular weight is 369 g/mol. The fourth-order valence-corrected chi connectivity index (χ4v) is 2.89. The minimum absolute atomic E-state index is 0.185. The van der Waals surface area contributed by atoms with E-state index in [-0.39, 0.29) is 12.1 Å². The minimum Gasteiger partial charge on any atom is -0.334 e. The number of carbonyl (C=O) groups excluding carboxylic acids is 1. The van der Waals surface area contributed by atoms with Crippen molar-refractivity contribution in [3.63, 3.8) is 0 Å². The van der Waals surface area contributed by atoms with Crippen molar-refractivity contribution in [2.45, 2.75) is 26.4 Å². The number of nitrogens with zero attached hydrogens (tertiary/aromatic N) is 2. The summed E-state index contributed by atoms with van der Waals surface area (Å²) in [5, 5.41) is 6.35. The lowest BCUT2D eigenvalue weighted by Crippen LogP contribution is -2.28. The molecule has 6 heteroatoms. The lowest BCUT2D eigenvalue weighted by molar-refractivity contribution is 0.251. The number of imidazole rings is 1. The Morgan fingerprint density at radius 2 is 1.85 bits per heavy atom. The van der Waals surface area contributed by atoms with Crippen molar-refractivity contribution in [2.75, 3.05) is 5.32 Å². The molecule has 3 rings (SSSR count). The first-order valence-corrected chi connectivity index (χ1v) is 8.79. The van der Waals surface area contributed by atoms with Gasteiger partial charge >= 0.3 is 6.03 Å². The number of anilines is 1. The van der Waals surface area contributed by atoms with E-state index >= 15 is 0 Å². The molecule has 0 aliphatic rings. The number of hydrogen-bond acceptors (Lipinski definition) is 2. The summed E-state index contributed by atoms with van der Waals surface area (Å²) in [5.41, 5.74) is 2.89. The number of halogens is 1. The molecule has 0 spiro atoms. The molecule has 2 N–H and O–H groups in total. The van der Waals surface area contributed by atoms with E-state index in [2.05, 4.69) is 27.1 Å². The van der Waals surface area contributed by atoms with E-state index in [0.717, 1.165) is 22.6 Å². The fourth-order valence-electron chi connectivity index (χ4n) is 2.76. The molecule has 134 valence electrons. The molecular formula is C20H21ClN4O. The zero-order valence-electron chi connectivity index (χ0n) is 14.7. The zero-order valence-corrected chi connectivity index (χ0v) is 15.5. The number of aromatic nitrogens is 2. The van der Waals surface area contributed by atoms with Crippen LogP contribution in [0.15, 0.2) is 60.9 Å². The second-order valence-electron chi connectivity index (χ2n) is 6.11. The molecule has 0 saturated heterocycles. The molecule has 0 saturated carbocycles. The predicted octanol–water partition coefficient (Wildman–Crippen LogP) is 4.78. The molecule has 0 fully saturated rings. The second-order valence-corrected chi connectivity index (χ2v) is 6.55. The Kier molecular flexibility index (Phi) is 5.58. The molecule has 5 nitrogen and oxygen atoms in total. The second kappa shape index (κ2) is 8.06. The summed E-state index contributed by atoms with van der Waals surface area (Å²) in [6.07, 6.45) is 3.77. The largest absolute Gasteiger partial charge is 0.334 e. The van der Waals surface area contributed by atoms with Crippen molar-refractivity contribution in [1.82, 2.24) is 14.9 Å². The number of hydrogen-bond donors (Lipinski definition) is 2. The standard InChI is InChI=1S/C20H21ClN4O/c1-14(25-12-11-22-15(25)2)17-5-9-19(10-6-17)24-20(26)23-13-16-3-7-18(21)8-4-16/h3-12,14H,13H2,1-2H3,(H2,23,24,26)/t14-/m0/s1. The van der Waals surface area contributed by atoms with E-state index < -0.39 is 0 Å². The maximum absolute atomic E-state index is 12.0. The summed E-state index contributed by atoms with van der Waals surface area (Å²) < 4.78 is 2.11. The SMILES string of the molecule is Cc1nccn1[C@@H](C)c1ccc(NC(=O)NCc2ccc(Cl)cc2)cc1. The van der Waals surface area contributed by atoms with Gasteiger partial charge in [0.1, 0.15) is 5.82 Å². The van der Waals surface area contributed by atoms with E-state index in [0.29, 0.717) is 11.6 Å². The molecule has 0 unspecified atom stereocenters. The highest BCUT2D eigenvalue weighted by Gasteiger charge is 2.10. The number of urea groups is 1. The van der Waals surface area contributed by atoms with Crippen LogP contribution in [0.4, 0.5) is 10.5 Å². The van der Waals surface area contributed by atoms with Gasteiger partial charge < -0.3 is 15.2 Å². The molecule has 0 radical (unpaired) electrons. The highest BCUT2D eigenvalue weighted by atomic mass is 35.5. The van der Waals surface area contributed by atoms with Crippen molar-refractivity contribution in [1.29, 1.82) is 0 Å². The van der Waals surface area contributed by atoms with Crippen molar-refractivity contribution in [3.8, 4) is 0 Å². The van der Waals surface area contributed by atoms with Gasteiger partial charge in [0.05, 0.1) is 6.04 Å². The quantitative estimate of drug-likeness (QED) is 0.681. The van der Waals surface area contributed by atoms with Crippen LogP contribution in [0.2, 0.25) is 5.02 Å². The molecule has 0 aliphatic carbocycles. The van der Waals surface area contributed by atoms with Gasteiger partial charge in [-0.25, -0.2) is 9.78 Å². The van der Waals surface area contributed by atoms with Crippen molar-refractivity contribution < 1.29 is 4.79 Å². The monoisotopic (exact) mass is 368 g/mol. The van der Waals surface area contributed by atoms with Crippen molar-refractivity contribution >= 4 is 23.3 Å². The highest BCUT2D eigenvalue weighted by Crippen LogP contribution is 2.21. The summed E-state index contributed by atoms with van der Waals surface area (Å²) in [6, 6.07) is 15.2. The predicted molar refractivity (Wildman–Crippen MR) is 105 cm³/mol. The Labute approximate surface area is 158 Å². The third kappa shape index (κ3) is 4.43. The van der Waals surface area contributed by atoms with E-state index in [9.17, 15) is 4.79 Å². The van der Waals surface area contributed by atoms with Crippen LogP contribution in [-0.4, -0.2) is 15.6 Å². The van der Waals surface area contributed by atoms with Gasteiger partial charge in [-0.3, -0.25) is 0 Å². The summed E-state index contributed by atoms with van der Waals surface area (Å²) in [4.78, 5) is 16.3. The molecule has 0 bridgehead atoms. The van der Waals surface area contributed by atoms with Crippen LogP contribution in [-0.2, 0) is 6.54 Å². The third-order valence-electron chi connectivity index (χ3n) is 4.30. The summed E-state index contributed by atoms with van der Waals surface area (Å²) in [6.45, 7) is 4.55. The van der Waals surface area contributed by atoms with Gasteiger partial charge in [-0.2, -0.15) is 0 Å². The van der Waals surface area contributed by atoms with Gasteiger partial charge in [-0.05, 0) is 49.2 Å². The third-order valence-corrected chi connectivity index (χ3v) is 4.55. The van der Waals surface area contributed by atoms with Crippen LogP contribution in [0.1, 0.15) is 29.9 Å². The first kappa shape index (κ1) is 18.0. The van der Waals surface area contributed by atoms with Crippen LogP contribution in [0.25, 0.3) is 0 Å². The topological polar surface area (TPSA) is 59.0 Å². The average Bonchev–Trinajstić information content (AvgIpc) is 3.07. The summed E-state index contributed by atoms with van der Waals surface area (Å²) >= 11 is 5.85. The van der Waals surface area contributed by atoms with Gasteiger partial charge in [0.2, 0.25) is 0 Å². The Bertz CT molecular complexity index is 872. The molecule has 0 aliphatic heterocycles. The van der Waals surface area contributed by atoms with Crippen molar-refractivity contribution in [2.24, 2.45) is 0 Å². The summed E-state index contributed by atoms with van der Waals surface area (Å²) in [5.74, 6) is 0.973. The molecule has 1 aromatic heterocycles. The van der Waals surface area contributed by atoms with E-state index in [1.54, 1.807) is 18.3 Å². The smallest absolute Gasteiger partial charge is 0.319 e. The first-order chi connectivity index (χ1) is 12.5. The molecular weight excluding hydrogens is 348 g/mol. The Morgan fingerprint density at radius 1 is 1.15 bits per heavy atom. The zero-order chi connectivity index (χ0) is 18.5. The van der Waals surface area contributed by atoms with Gasteiger partial charge in [0, 0.05) is 29.6 Å². The number of benzene rings is 2. The molecule has 2 amide bonds. The van der Waals surface area contributed by atoms with E-state index in [1.807, 2.05) is 49.5 Å². The fraction of sp³-hybridized carbons (Fsp3) is 0.200. The van der Waals surface area contributed by atoms with E-state index in [1.165, 1.54) is 0 Å². The minimum atomic E-state index is -0.244. The van der Waals surface area contributed by atoms with Crippen LogP contribution < -0.4 is 10.6 Å². The number of amides is 2. The first-order valence-electron chi connectivity index (χ1n) is 8.41. The van der Waals surface area contributed by atoms with Crippen molar-refractivity contribution in [3.05, 3.63) is 82.9 Å². The highest BCUT2D eigenvalue weighted by molar-refractivity contribution is 6.30. The van der Waals surface area contributed by atoms with Gasteiger partial charge in [-0.15, -0.1) is 0 Å². The van der Waals surface area contributed by atoms with Gasteiger partial charge in [0.15, 0.2) is 0 Å². The normalized spacial score (nSPS) is 11.8. The lowest BCUT2D eigenvalue weighted by Gasteiger charge is -2.16. The van der Waals surface area contributed by atoms with Crippen LogP contribution >= 0.6 is 11.6 Å². The number of rotatable bonds is 5. The van der Waals surface area contributed by atoms with Crippen LogP contribution in [0, 0.1) is 6.92 Å². The number of nitrogens with one attached hydrogen (secondary N) is 2. The van der Waals surface area contributed by atoms with Crippen LogP contribution in [0.5, 0.6) is 0 Å². The molecule has 1 heterocycles. The Balaban J connectivity index is 1.56. The number of carbonyl (C=O) groups is 1. The Morgan fingerprint density at radius 3 is 2.46 bits per heavy atom. The molecule has 2 aromatic carbocycles. The molecule has 3 aromatic rings. The molecule has 1 atom stereocenters. The van der Waals surface area contributed by atoms with Crippen LogP contribution in [0.3, 0.4) is 0 Å². The maximum atomic E-state index is 12.0. The van der Waals surface area contributed by atoms with Gasteiger partial charge in [-0.1, -0.05) is 35.9 Å². The Hall–Kier alpha value is -2.79. The number of aryl methyl sites for hydroxylation is 1. The van der Waals surface area contributed by atoms with E-state index in [4.69, 9.17) is 11.6 Å². The lowest BCUT2D eigenvalue weighted by atomic mass is 10.1. The molecule has 26 heavy (non-hydrogen) atoms. The van der Waals surface area contributed by atoms with Gasteiger partial charge in [0.25, 0.3) is 0 Å². The maximum Gasteiger partial charge on any atom is 0.319 e.